The zero-order chi connectivity index (χ0) is 19.4. The largest absolute Gasteiger partial charge is 0.389 e. The first kappa shape index (κ1) is 20.0. The van der Waals surface area contributed by atoms with Crippen LogP contribution in [-0.4, -0.2) is 41.5 Å². The van der Waals surface area contributed by atoms with Crippen LogP contribution in [0.4, 0.5) is 0 Å². The van der Waals surface area contributed by atoms with Gasteiger partial charge in [0.25, 0.3) is 0 Å². The van der Waals surface area contributed by atoms with Gasteiger partial charge in [0.15, 0.2) is 0 Å². The van der Waals surface area contributed by atoms with Crippen molar-refractivity contribution in [2.24, 2.45) is 0 Å². The van der Waals surface area contributed by atoms with Crippen molar-refractivity contribution < 1.29 is 5.11 Å². The van der Waals surface area contributed by atoms with Crippen LogP contribution in [0.5, 0.6) is 0 Å². The van der Waals surface area contributed by atoms with Crippen LogP contribution in [0.2, 0.25) is 0 Å². The Labute approximate surface area is 163 Å². The molecule has 1 saturated carbocycles. The molecule has 1 aliphatic rings. The first-order valence-electron chi connectivity index (χ1n) is 10.3. The predicted molar refractivity (Wildman–Crippen MR) is 115 cm³/mol. The fourth-order valence-electron chi connectivity index (χ4n) is 4.53. The molecular formula is C24H34N2O. The predicted octanol–water partition coefficient (Wildman–Crippen LogP) is 5.37. The minimum atomic E-state index is -0.698. The zero-order valence-corrected chi connectivity index (χ0v) is 17.0. The van der Waals surface area contributed by atoms with E-state index in [2.05, 4.69) is 68.4 Å². The molecule has 3 rings (SSSR count). The van der Waals surface area contributed by atoms with E-state index in [-0.39, 0.29) is 5.92 Å². The first-order valence-corrected chi connectivity index (χ1v) is 10.3. The Hall–Kier alpha value is -1.71. The van der Waals surface area contributed by atoms with Gasteiger partial charge in [-0.25, -0.2) is 0 Å². The van der Waals surface area contributed by atoms with Crippen LogP contribution in [0.25, 0.3) is 10.8 Å². The third-order valence-electron chi connectivity index (χ3n) is 6.44. The second kappa shape index (κ2) is 8.53. The van der Waals surface area contributed by atoms with Crippen molar-refractivity contribution in [2.75, 3.05) is 14.1 Å². The van der Waals surface area contributed by atoms with Gasteiger partial charge in [-0.15, -0.1) is 0 Å². The number of aliphatic hydroxyl groups is 1. The van der Waals surface area contributed by atoms with E-state index in [0.29, 0.717) is 12.5 Å². The highest BCUT2D eigenvalue weighted by Gasteiger charge is 2.39. The lowest BCUT2D eigenvalue weighted by Gasteiger charge is -2.40. The lowest BCUT2D eigenvalue weighted by molar-refractivity contribution is -0.0198. The molecule has 2 aromatic rings. The summed E-state index contributed by atoms with van der Waals surface area (Å²) in [6, 6.07) is 15.2. The minimum absolute atomic E-state index is 0.00855. The van der Waals surface area contributed by atoms with Crippen molar-refractivity contribution in [3.63, 3.8) is 0 Å². The molecule has 0 aromatic heterocycles. The molecule has 0 saturated heterocycles. The Morgan fingerprint density at radius 3 is 2.41 bits per heavy atom. The Morgan fingerprint density at radius 1 is 1.04 bits per heavy atom. The molecule has 1 fully saturated rings. The highest BCUT2D eigenvalue weighted by molar-refractivity contribution is 5.88. The smallest absolute Gasteiger partial charge is 0.0719 e. The third-order valence-corrected chi connectivity index (χ3v) is 6.44. The van der Waals surface area contributed by atoms with Crippen LogP contribution < -0.4 is 0 Å². The van der Waals surface area contributed by atoms with E-state index in [0.717, 1.165) is 37.8 Å². The second-order valence-corrected chi connectivity index (χ2v) is 8.61. The lowest BCUT2D eigenvalue weighted by Crippen LogP contribution is -2.40. The summed E-state index contributed by atoms with van der Waals surface area (Å²) in [5.41, 5.74) is 1.25. The van der Waals surface area contributed by atoms with E-state index in [4.69, 9.17) is 5.41 Å². The van der Waals surface area contributed by atoms with Crippen LogP contribution in [-0.2, 0) is 0 Å². The number of nitrogens with one attached hydrogen (secondary N) is 1. The normalized spacial score (nSPS) is 19.1. The van der Waals surface area contributed by atoms with Gasteiger partial charge < -0.3 is 15.4 Å². The number of hydrogen-bond acceptors (Lipinski definition) is 3. The monoisotopic (exact) mass is 366 g/mol. The molecular weight excluding hydrogens is 332 g/mol. The van der Waals surface area contributed by atoms with Gasteiger partial charge in [-0.3, -0.25) is 0 Å². The summed E-state index contributed by atoms with van der Waals surface area (Å²) in [5, 5.41) is 22.7. The summed E-state index contributed by atoms with van der Waals surface area (Å²) in [7, 11) is 4.13. The van der Waals surface area contributed by atoms with Crippen LogP contribution in [0.1, 0.15) is 63.4 Å². The summed E-state index contributed by atoms with van der Waals surface area (Å²) in [4.78, 5) is 2.16. The van der Waals surface area contributed by atoms with Crippen molar-refractivity contribution >= 4 is 16.5 Å². The third kappa shape index (κ3) is 4.59. The standard InChI is InChI=1S/C24H34N2O/c1-18(26(2)3)16-20(25)17-23(24(27)14-7-4-8-15-24)22-13-9-11-19-10-5-6-12-21(19)22/h5-6,9-13,18,23,25,27H,4,7-8,14-17H2,1-3H3/t18-,23?/m0/s1. The van der Waals surface area contributed by atoms with E-state index in [1.54, 1.807) is 0 Å². The van der Waals surface area contributed by atoms with E-state index < -0.39 is 5.60 Å². The fourth-order valence-corrected chi connectivity index (χ4v) is 4.53. The van der Waals surface area contributed by atoms with Crippen molar-refractivity contribution in [1.82, 2.24) is 4.90 Å². The van der Waals surface area contributed by atoms with Crippen molar-refractivity contribution in [3.05, 3.63) is 48.0 Å². The maximum atomic E-state index is 11.6. The Balaban J connectivity index is 1.96. The molecule has 0 heterocycles. The fraction of sp³-hybridized carbons (Fsp3) is 0.542. The highest BCUT2D eigenvalue weighted by atomic mass is 16.3. The maximum Gasteiger partial charge on any atom is 0.0719 e. The van der Waals surface area contributed by atoms with Gasteiger partial charge in [-0.05, 0) is 56.6 Å². The molecule has 146 valence electrons. The first-order chi connectivity index (χ1) is 12.9. The molecule has 1 aliphatic carbocycles. The SMILES string of the molecule is C[C@@H](CC(=N)CC(c1cccc2ccccc12)C1(O)CCCCC1)N(C)C. The molecule has 3 nitrogen and oxygen atoms in total. The van der Waals surface area contributed by atoms with Crippen molar-refractivity contribution in [3.8, 4) is 0 Å². The molecule has 2 aromatic carbocycles. The molecule has 0 spiro atoms. The van der Waals surface area contributed by atoms with Gasteiger partial charge in [-0.1, -0.05) is 61.7 Å². The summed E-state index contributed by atoms with van der Waals surface area (Å²) in [6.45, 7) is 2.16. The summed E-state index contributed by atoms with van der Waals surface area (Å²) in [6.07, 6.45) is 6.46. The van der Waals surface area contributed by atoms with Crippen molar-refractivity contribution in [1.29, 1.82) is 5.41 Å². The number of fused-ring (bicyclic) bond motifs is 1. The number of benzene rings is 2. The van der Waals surface area contributed by atoms with Gasteiger partial charge in [0.05, 0.1) is 5.60 Å². The quantitative estimate of drug-likeness (QED) is 0.647. The average Bonchev–Trinajstić information content (AvgIpc) is 2.66. The maximum absolute atomic E-state index is 11.6. The van der Waals surface area contributed by atoms with Crippen LogP contribution in [0.3, 0.4) is 0 Å². The minimum Gasteiger partial charge on any atom is -0.389 e. The molecule has 0 radical (unpaired) electrons. The van der Waals surface area contributed by atoms with E-state index in [1.165, 1.54) is 22.8 Å². The van der Waals surface area contributed by atoms with Gasteiger partial charge in [0, 0.05) is 24.1 Å². The second-order valence-electron chi connectivity index (χ2n) is 8.61. The van der Waals surface area contributed by atoms with E-state index in [1.807, 2.05) is 0 Å². The topological polar surface area (TPSA) is 47.3 Å². The average molecular weight is 367 g/mol. The van der Waals surface area contributed by atoms with Crippen LogP contribution in [0.15, 0.2) is 42.5 Å². The molecule has 27 heavy (non-hydrogen) atoms. The lowest BCUT2D eigenvalue weighted by atomic mass is 9.69. The molecule has 0 aliphatic heterocycles. The van der Waals surface area contributed by atoms with Crippen LogP contribution >= 0.6 is 0 Å². The zero-order valence-electron chi connectivity index (χ0n) is 17.0. The number of hydrogen-bond donors (Lipinski definition) is 2. The van der Waals surface area contributed by atoms with Gasteiger partial charge in [0.1, 0.15) is 0 Å². The summed E-state index contributed by atoms with van der Waals surface area (Å²) < 4.78 is 0. The van der Waals surface area contributed by atoms with Crippen LogP contribution in [0, 0.1) is 5.41 Å². The number of rotatable bonds is 7. The Morgan fingerprint density at radius 2 is 1.70 bits per heavy atom. The van der Waals surface area contributed by atoms with Gasteiger partial charge in [-0.2, -0.15) is 0 Å². The Kier molecular flexibility index (Phi) is 6.33. The highest BCUT2D eigenvalue weighted by Crippen LogP contribution is 2.44. The van der Waals surface area contributed by atoms with Gasteiger partial charge in [0.2, 0.25) is 0 Å². The molecule has 0 amide bonds. The number of nitrogens with zero attached hydrogens (tertiary/aromatic N) is 1. The van der Waals surface area contributed by atoms with Gasteiger partial charge >= 0.3 is 0 Å². The molecule has 2 N–H and O–H groups in total. The van der Waals surface area contributed by atoms with E-state index in [9.17, 15) is 5.11 Å². The molecule has 2 atom stereocenters. The summed E-state index contributed by atoms with van der Waals surface area (Å²) >= 11 is 0. The molecule has 3 heteroatoms. The Bertz CT molecular complexity index is 772. The van der Waals surface area contributed by atoms with E-state index >= 15 is 0 Å². The molecule has 1 unspecified atom stereocenters. The van der Waals surface area contributed by atoms with Crippen molar-refractivity contribution in [2.45, 2.75) is 69.4 Å². The molecule has 0 bridgehead atoms. The summed E-state index contributed by atoms with van der Waals surface area (Å²) in [5.74, 6) is -0.00855.